The van der Waals surface area contributed by atoms with Gasteiger partial charge in [0.2, 0.25) is 0 Å². The Morgan fingerprint density at radius 2 is 1.30 bits per heavy atom. The molecule has 60 heavy (non-hydrogen) atoms. The van der Waals surface area contributed by atoms with Crippen LogP contribution in [0.5, 0.6) is 11.5 Å². The minimum Gasteiger partial charge on any atom is -0.0579 e. The fourth-order valence-electron chi connectivity index (χ4n) is 9.46. The topological polar surface area (TPSA) is 36.4 Å². The van der Waals surface area contributed by atoms with Gasteiger partial charge in [0.25, 0.3) is 0 Å². The fourth-order valence-corrected chi connectivity index (χ4v) is 10.5. The van der Waals surface area contributed by atoms with E-state index in [-0.39, 0.29) is 5.41 Å². The zero-order valence-corrected chi connectivity index (χ0v) is 37.7. The fraction of sp³-hybridized carbons (Fsp3) is 0.222. The summed E-state index contributed by atoms with van der Waals surface area (Å²) in [5, 5.41) is 2.36. The molecule has 9 aromatic rings. The average Bonchev–Trinajstić information content (AvgIpc) is 3.75. The van der Waals surface area contributed by atoms with Crippen LogP contribution in [-0.2, 0) is 50.5 Å². The van der Waals surface area contributed by atoms with Gasteiger partial charge < -0.3 is 0 Å². The second kappa shape index (κ2) is 14.7. The first kappa shape index (κ1) is 38.4. The van der Waals surface area contributed by atoms with Gasteiger partial charge in [0.1, 0.15) is 0 Å². The summed E-state index contributed by atoms with van der Waals surface area (Å²) in [6, 6.07) is 44.2. The SMILES string of the molecule is Cc1cc(-n2c3ccccc3c3ccc(Oc4cccc(-n5cc6c7ccc(n6[c]5=[Pt])CCc5ccc(c(C)c5C)CC7)c4)cc32)nc(C)c1-c1ccc(C(C)(C)C)cc1. The van der Waals surface area contributed by atoms with Crippen LogP contribution >= 0.6 is 0 Å². The number of aryl methyl sites for hydroxylation is 6. The molecule has 0 unspecified atom stereocenters. The van der Waals surface area contributed by atoms with Crippen molar-refractivity contribution >= 4 is 27.3 Å². The summed E-state index contributed by atoms with van der Waals surface area (Å²) < 4.78 is 15.0. The Kier molecular flexibility index (Phi) is 9.45. The predicted octanol–water partition coefficient (Wildman–Crippen LogP) is 13.2. The summed E-state index contributed by atoms with van der Waals surface area (Å²) >= 11 is 2.51. The van der Waals surface area contributed by atoms with Gasteiger partial charge in [-0.25, -0.2) is 0 Å². The number of aromatic nitrogens is 4. The van der Waals surface area contributed by atoms with Crippen LogP contribution in [0.2, 0.25) is 0 Å². The van der Waals surface area contributed by atoms with Gasteiger partial charge in [-0.15, -0.1) is 0 Å². The molecule has 0 fully saturated rings. The van der Waals surface area contributed by atoms with Crippen molar-refractivity contribution in [1.29, 1.82) is 0 Å². The number of ether oxygens (including phenoxy) is 1. The number of benzene rings is 5. The number of nitrogens with zero attached hydrogens (tertiary/aromatic N) is 4. The number of imidazole rings is 1. The van der Waals surface area contributed by atoms with E-state index in [0.717, 1.165) is 69.2 Å². The quantitative estimate of drug-likeness (QED) is 0.172. The Labute approximate surface area is 363 Å². The number of fused-ring (bicyclic) bond motifs is 3. The molecule has 0 atom stereocenters. The van der Waals surface area contributed by atoms with E-state index < -0.39 is 0 Å². The van der Waals surface area contributed by atoms with Crippen molar-refractivity contribution in [3.8, 4) is 34.1 Å². The summed E-state index contributed by atoms with van der Waals surface area (Å²) in [5.74, 6) is 2.47. The third-order valence-electron chi connectivity index (χ3n) is 12.9. The van der Waals surface area contributed by atoms with Crippen molar-refractivity contribution < 1.29 is 24.1 Å². The third-order valence-corrected chi connectivity index (χ3v) is 14.0. The summed E-state index contributed by atoms with van der Waals surface area (Å²) in [4.78, 5) is 5.28. The van der Waals surface area contributed by atoms with E-state index in [9.17, 15) is 0 Å². The van der Waals surface area contributed by atoms with Gasteiger partial charge in [-0.3, -0.25) is 0 Å². The van der Waals surface area contributed by atoms with Crippen LogP contribution in [0.15, 0.2) is 128 Å². The van der Waals surface area contributed by atoms with Gasteiger partial charge in [-0.05, 0) is 36.0 Å². The zero-order chi connectivity index (χ0) is 41.4. The molecule has 13 rings (SSSR count). The zero-order valence-electron chi connectivity index (χ0n) is 35.5. The van der Waals surface area contributed by atoms with Crippen molar-refractivity contribution in [3.63, 3.8) is 0 Å². The smallest absolute Gasteiger partial charge is 0.0579 e. The van der Waals surface area contributed by atoms with Gasteiger partial charge in [-0.2, -0.15) is 0 Å². The maximum absolute atomic E-state index is 6.75. The Morgan fingerprint density at radius 1 is 0.617 bits per heavy atom. The summed E-state index contributed by atoms with van der Waals surface area (Å²) in [7, 11) is 0. The van der Waals surface area contributed by atoms with Crippen molar-refractivity contribution in [2.75, 3.05) is 0 Å². The van der Waals surface area contributed by atoms with Crippen LogP contribution in [0.25, 0.3) is 50.0 Å². The van der Waals surface area contributed by atoms with Crippen LogP contribution in [0.3, 0.4) is 0 Å². The van der Waals surface area contributed by atoms with Crippen molar-refractivity contribution in [3.05, 3.63) is 182 Å². The molecule has 0 saturated heterocycles. The molecule has 0 amide bonds. The van der Waals surface area contributed by atoms with E-state index in [1.807, 2.05) is 0 Å². The molecular weight excluding hydrogens is 916 g/mol. The summed E-state index contributed by atoms with van der Waals surface area (Å²) in [6.07, 6.45) is 6.35. The Balaban J connectivity index is 1.01. The average molecular weight is 966 g/mol. The molecule has 2 aliphatic carbocycles. The van der Waals surface area contributed by atoms with Crippen LogP contribution in [-0.4, -0.2) is 18.5 Å². The van der Waals surface area contributed by atoms with E-state index in [2.05, 4.69) is 209 Å². The van der Waals surface area contributed by atoms with Gasteiger partial charge in [0.05, 0.1) is 0 Å². The maximum atomic E-state index is 6.75. The second-order valence-electron chi connectivity index (χ2n) is 17.7. The Hall–Kier alpha value is -5.77. The molecule has 302 valence electrons. The second-order valence-corrected chi connectivity index (χ2v) is 18.7. The first-order valence-electron chi connectivity index (χ1n) is 21.1. The third kappa shape index (κ3) is 6.59. The van der Waals surface area contributed by atoms with Crippen LogP contribution < -0.4 is 4.74 Å². The van der Waals surface area contributed by atoms with Crippen LogP contribution in [0, 0.1) is 31.5 Å². The minimum atomic E-state index is 0.105. The van der Waals surface area contributed by atoms with E-state index in [1.165, 1.54) is 72.1 Å². The molecule has 2 aliphatic heterocycles. The molecule has 5 nitrogen and oxygen atoms in total. The van der Waals surface area contributed by atoms with Gasteiger partial charge in [0, 0.05) is 11.3 Å². The van der Waals surface area contributed by atoms with Gasteiger partial charge >= 0.3 is 261 Å². The standard InChI is InChI=1S/C54H50N4O.Pt/c1-34-29-52(55-37(4)53(34)41-19-23-42(24-20-41)54(5,6)7)58-49-14-9-8-13-47(49)48-28-27-46(31-50(48)58)59-45-12-10-11-44(30-45)56-32-51-40-18-17-38-15-16-39(36(3)35(38)2)21-25-43(26-22-40)57(51)33-56;/h8-16,19-20,22-24,26-32H,17-18,21,25H2,1-7H3;. The van der Waals surface area contributed by atoms with Crippen molar-refractivity contribution in [1.82, 2.24) is 18.5 Å². The molecule has 6 heteroatoms. The van der Waals surface area contributed by atoms with Gasteiger partial charge in [0.15, 0.2) is 0 Å². The molecule has 0 saturated carbocycles. The number of pyridine rings is 2. The summed E-state index contributed by atoms with van der Waals surface area (Å²) in [5.41, 5.74) is 19.1. The molecular formula is C54H50N4OPt. The molecule has 4 aromatic heterocycles. The van der Waals surface area contributed by atoms with Crippen LogP contribution in [0.1, 0.15) is 71.1 Å². The molecule has 6 heterocycles. The number of para-hydroxylation sites is 1. The van der Waals surface area contributed by atoms with Crippen molar-refractivity contribution in [2.45, 2.75) is 79.6 Å². The first-order chi connectivity index (χ1) is 28.9. The molecule has 0 N–H and O–H groups in total. The molecule has 4 aliphatic rings. The normalized spacial score (nSPS) is 13.1. The summed E-state index contributed by atoms with van der Waals surface area (Å²) in [6.45, 7) is 15.7. The molecule has 5 aromatic carbocycles. The number of hydrogen-bond acceptors (Lipinski definition) is 2. The minimum absolute atomic E-state index is 0.105. The Bertz CT molecular complexity index is 3200. The van der Waals surface area contributed by atoms with Crippen molar-refractivity contribution in [2.24, 2.45) is 0 Å². The van der Waals surface area contributed by atoms with E-state index >= 15 is 0 Å². The molecule has 0 radical (unpaired) electrons. The van der Waals surface area contributed by atoms with Gasteiger partial charge in [-0.1, -0.05) is 57.2 Å². The molecule has 4 bridgehead atoms. The number of hydrogen-bond donors (Lipinski definition) is 0. The molecule has 0 spiro atoms. The van der Waals surface area contributed by atoms with Crippen LogP contribution in [0.4, 0.5) is 0 Å². The predicted molar refractivity (Wildman–Crippen MR) is 243 cm³/mol. The first-order valence-corrected chi connectivity index (χ1v) is 22.3. The Morgan fingerprint density at radius 3 is 2.05 bits per heavy atom. The number of rotatable bonds is 5. The van der Waals surface area contributed by atoms with E-state index in [0.29, 0.717) is 0 Å². The van der Waals surface area contributed by atoms with E-state index in [4.69, 9.17) is 9.72 Å². The monoisotopic (exact) mass is 965 g/mol. The van der Waals surface area contributed by atoms with E-state index in [1.54, 1.807) is 0 Å².